The average Bonchev–Trinajstić information content (AvgIpc) is 3.50. The van der Waals surface area contributed by atoms with Gasteiger partial charge >= 0.3 is 0 Å². The Morgan fingerprint density at radius 3 is 1.46 bits per heavy atom. The molecule has 3 aromatic rings. The molecular weight excluding hydrogens is 656 g/mol. The van der Waals surface area contributed by atoms with Crippen LogP contribution in [0.4, 0.5) is 0 Å². The summed E-state index contributed by atoms with van der Waals surface area (Å²) in [7, 11) is 0. The summed E-state index contributed by atoms with van der Waals surface area (Å²) >= 11 is 3.91. The quantitative estimate of drug-likeness (QED) is 0.141. The van der Waals surface area contributed by atoms with Crippen LogP contribution in [0.2, 0.25) is 0 Å². The zero-order chi connectivity index (χ0) is 24.7. The first-order valence-electron chi connectivity index (χ1n) is 14.1. The van der Waals surface area contributed by atoms with Gasteiger partial charge in [0.2, 0.25) is 12.7 Å². The molecule has 2 heterocycles. The van der Waals surface area contributed by atoms with E-state index in [1.165, 1.54) is 92.6 Å². The third-order valence-electron chi connectivity index (χ3n) is 6.90. The molecular formula is C30H47Br3N4. The van der Waals surface area contributed by atoms with Gasteiger partial charge in [-0.2, -0.15) is 0 Å². The summed E-state index contributed by atoms with van der Waals surface area (Å²) < 4.78 is 10.5. The summed E-state index contributed by atoms with van der Waals surface area (Å²) in [6.45, 7) is 8.57. The summed E-state index contributed by atoms with van der Waals surface area (Å²) in [6.07, 6.45) is 29.5. The van der Waals surface area contributed by atoms with Crippen LogP contribution in [-0.2, 0) is 26.2 Å². The number of rotatable bonds is 18. The maximum Gasteiger partial charge on any atom is 0.244 e. The molecule has 0 amide bonds. The molecule has 0 saturated heterocycles. The monoisotopic (exact) mass is 700 g/mol. The van der Waals surface area contributed by atoms with Gasteiger partial charge in [-0.1, -0.05) is 83.4 Å². The first-order valence-corrected chi connectivity index (χ1v) is 14.8. The van der Waals surface area contributed by atoms with Crippen LogP contribution in [0.25, 0.3) is 0 Å². The lowest BCUT2D eigenvalue weighted by molar-refractivity contribution is -0.689. The lowest BCUT2D eigenvalue weighted by Crippen LogP contribution is -3.00. The molecule has 0 unspecified atom stereocenters. The molecule has 4 nitrogen and oxygen atoms in total. The standard InChI is InChI=1S/C30H47BrN4.2BrH/c1-3-5-7-9-11-13-18-32-20-22-34(26-32)24-28-16-15-17-29(30(28)31)25-35-23-21-33(27-35)19-14-12-10-8-6-4-2;;/h15-17,20-23,26-27H,3-14,18-19,24-25H2,1-2H3;2*1H/q+2;;/p-2. The van der Waals surface area contributed by atoms with E-state index in [0.29, 0.717) is 0 Å². The van der Waals surface area contributed by atoms with Crippen LogP contribution in [0.15, 0.2) is 60.1 Å². The first kappa shape index (κ1) is 34.1. The van der Waals surface area contributed by atoms with Crippen LogP contribution >= 0.6 is 15.9 Å². The summed E-state index contributed by atoms with van der Waals surface area (Å²) in [5, 5.41) is 0. The number of imidazole rings is 2. The molecule has 208 valence electrons. The maximum absolute atomic E-state index is 3.91. The van der Waals surface area contributed by atoms with Gasteiger partial charge in [0, 0.05) is 15.6 Å². The van der Waals surface area contributed by atoms with Crippen LogP contribution in [0.5, 0.6) is 0 Å². The molecule has 1 aromatic carbocycles. The summed E-state index contributed by atoms with van der Waals surface area (Å²) in [5.41, 5.74) is 2.66. The Labute approximate surface area is 255 Å². The van der Waals surface area contributed by atoms with Crippen molar-refractivity contribution < 1.29 is 43.1 Å². The van der Waals surface area contributed by atoms with E-state index in [1.54, 1.807) is 0 Å². The summed E-state index contributed by atoms with van der Waals surface area (Å²) in [4.78, 5) is 0. The predicted octanol–water partition coefficient (Wildman–Crippen LogP) is 1.45. The van der Waals surface area contributed by atoms with Crippen molar-refractivity contribution >= 4 is 15.9 Å². The Bertz CT molecular complexity index is 908. The molecule has 7 heteroatoms. The molecule has 0 aliphatic rings. The number of nitrogens with zero attached hydrogens (tertiary/aromatic N) is 4. The van der Waals surface area contributed by atoms with Gasteiger partial charge in [0.15, 0.2) is 0 Å². The Kier molecular flexibility index (Phi) is 18.5. The highest BCUT2D eigenvalue weighted by atomic mass is 79.9. The second-order valence-corrected chi connectivity index (χ2v) is 10.9. The topological polar surface area (TPSA) is 17.6 Å². The highest BCUT2D eigenvalue weighted by Gasteiger charge is 2.13. The van der Waals surface area contributed by atoms with Crippen LogP contribution in [0.3, 0.4) is 0 Å². The smallest absolute Gasteiger partial charge is 0.244 e. The zero-order valence-corrected chi connectivity index (χ0v) is 27.7. The van der Waals surface area contributed by atoms with Crippen molar-refractivity contribution in [3.8, 4) is 0 Å². The van der Waals surface area contributed by atoms with Gasteiger partial charge in [-0.15, -0.1) is 0 Å². The number of halogens is 3. The molecule has 0 aliphatic carbocycles. The Balaban J connectivity index is 0.00000342. The van der Waals surface area contributed by atoms with E-state index < -0.39 is 0 Å². The van der Waals surface area contributed by atoms with Crippen molar-refractivity contribution in [1.82, 2.24) is 9.13 Å². The second kappa shape index (κ2) is 20.0. The Morgan fingerprint density at radius 2 is 1.03 bits per heavy atom. The SMILES string of the molecule is CCCCCCCCn1cc[n+](Cc2cccc(C[n+]3ccn(CCCCCCCC)c3)c2Br)c1.[Br-].[Br-]. The molecule has 37 heavy (non-hydrogen) atoms. The van der Waals surface area contributed by atoms with Crippen LogP contribution in [0.1, 0.15) is 102 Å². The van der Waals surface area contributed by atoms with Crippen molar-refractivity contribution in [3.63, 3.8) is 0 Å². The van der Waals surface area contributed by atoms with Gasteiger partial charge in [0.05, 0.1) is 13.1 Å². The molecule has 0 aliphatic heterocycles. The summed E-state index contributed by atoms with van der Waals surface area (Å²) in [6, 6.07) is 6.66. The Morgan fingerprint density at radius 1 is 0.622 bits per heavy atom. The van der Waals surface area contributed by atoms with E-state index in [0.717, 1.165) is 26.2 Å². The van der Waals surface area contributed by atoms with Crippen molar-refractivity contribution in [2.75, 3.05) is 0 Å². The minimum Gasteiger partial charge on any atom is -1.00 e. The average molecular weight is 703 g/mol. The van der Waals surface area contributed by atoms with Gasteiger partial charge in [0.1, 0.15) is 37.9 Å². The number of hydrogen-bond donors (Lipinski definition) is 0. The third-order valence-corrected chi connectivity index (χ3v) is 7.92. The molecule has 0 atom stereocenters. The summed E-state index contributed by atoms with van der Waals surface area (Å²) in [5.74, 6) is 0. The van der Waals surface area contributed by atoms with Gasteiger partial charge in [-0.05, 0) is 41.6 Å². The highest BCUT2D eigenvalue weighted by molar-refractivity contribution is 9.10. The van der Waals surface area contributed by atoms with Crippen molar-refractivity contribution in [2.24, 2.45) is 0 Å². The molecule has 0 fully saturated rings. The van der Waals surface area contributed by atoms with Crippen LogP contribution in [0, 0.1) is 0 Å². The van der Waals surface area contributed by atoms with Crippen LogP contribution < -0.4 is 43.1 Å². The van der Waals surface area contributed by atoms with Gasteiger partial charge < -0.3 is 34.0 Å². The number of aryl methyl sites for hydroxylation is 2. The minimum absolute atomic E-state index is 0. The maximum atomic E-state index is 3.91. The molecule has 0 saturated carbocycles. The zero-order valence-electron chi connectivity index (χ0n) is 22.9. The van der Waals surface area contributed by atoms with E-state index in [2.05, 4.69) is 104 Å². The first-order chi connectivity index (χ1) is 17.2. The van der Waals surface area contributed by atoms with E-state index in [4.69, 9.17) is 0 Å². The predicted molar refractivity (Wildman–Crippen MR) is 148 cm³/mol. The van der Waals surface area contributed by atoms with E-state index in [9.17, 15) is 0 Å². The highest BCUT2D eigenvalue weighted by Crippen LogP contribution is 2.22. The number of hydrogen-bond acceptors (Lipinski definition) is 0. The normalized spacial score (nSPS) is 10.8. The van der Waals surface area contributed by atoms with Gasteiger partial charge in [0.25, 0.3) is 0 Å². The fourth-order valence-corrected chi connectivity index (χ4v) is 5.26. The Hall–Kier alpha value is -0.920. The molecule has 2 aromatic heterocycles. The third kappa shape index (κ3) is 12.7. The van der Waals surface area contributed by atoms with Crippen molar-refractivity contribution in [2.45, 2.75) is 117 Å². The lowest BCUT2D eigenvalue weighted by Gasteiger charge is -2.07. The van der Waals surface area contributed by atoms with Crippen molar-refractivity contribution in [1.29, 1.82) is 0 Å². The molecule has 3 rings (SSSR count). The number of unbranched alkanes of at least 4 members (excludes halogenated alkanes) is 10. The fourth-order valence-electron chi connectivity index (χ4n) is 4.75. The van der Waals surface area contributed by atoms with E-state index >= 15 is 0 Å². The van der Waals surface area contributed by atoms with Crippen LogP contribution in [-0.4, -0.2) is 9.13 Å². The molecule has 0 N–H and O–H groups in total. The minimum atomic E-state index is 0. The fraction of sp³-hybridized carbons (Fsp3) is 0.600. The molecule has 0 bridgehead atoms. The van der Waals surface area contributed by atoms with Gasteiger partial charge in [-0.25, -0.2) is 18.3 Å². The molecule has 0 radical (unpaired) electrons. The number of aromatic nitrogens is 4. The molecule has 0 spiro atoms. The van der Waals surface area contributed by atoms with Crippen molar-refractivity contribution in [3.05, 3.63) is 71.2 Å². The lowest BCUT2D eigenvalue weighted by atomic mass is 10.1. The largest absolute Gasteiger partial charge is 1.00 e. The van der Waals surface area contributed by atoms with E-state index in [1.807, 2.05) is 0 Å². The van der Waals surface area contributed by atoms with E-state index in [-0.39, 0.29) is 34.0 Å². The number of benzene rings is 1. The van der Waals surface area contributed by atoms with Gasteiger partial charge in [-0.3, -0.25) is 0 Å². The second-order valence-electron chi connectivity index (χ2n) is 10.1.